The van der Waals surface area contributed by atoms with Gasteiger partial charge in [-0.05, 0) is 29.8 Å². The first-order valence-electron chi connectivity index (χ1n) is 7.77. The highest BCUT2D eigenvalue weighted by atomic mass is 16.6. The fourth-order valence-corrected chi connectivity index (χ4v) is 2.39. The maximum absolute atomic E-state index is 12.3. The van der Waals surface area contributed by atoms with Gasteiger partial charge < -0.3 is 10.1 Å². The topological polar surface area (TPSA) is 99.3 Å². The van der Waals surface area contributed by atoms with Crippen molar-refractivity contribution in [1.29, 1.82) is 0 Å². The predicted molar refractivity (Wildman–Crippen MR) is 95.4 cm³/mol. The number of ether oxygens (including phenoxy) is 1. The predicted octanol–water partition coefficient (Wildman–Crippen LogP) is 3.10. The third-order valence-electron chi connectivity index (χ3n) is 3.79. The highest BCUT2D eigenvalue weighted by molar-refractivity contribution is 6.03. The molecule has 0 aliphatic rings. The van der Waals surface area contributed by atoms with Crippen LogP contribution in [-0.4, -0.2) is 27.7 Å². The van der Waals surface area contributed by atoms with E-state index >= 15 is 0 Å². The van der Waals surface area contributed by atoms with Gasteiger partial charge in [-0.25, -0.2) is 4.68 Å². The van der Waals surface area contributed by atoms with E-state index in [-0.39, 0.29) is 11.6 Å². The first-order valence-corrected chi connectivity index (χ1v) is 7.77. The van der Waals surface area contributed by atoms with E-state index in [1.165, 1.54) is 24.3 Å². The van der Waals surface area contributed by atoms with E-state index in [9.17, 15) is 14.9 Å². The van der Waals surface area contributed by atoms with E-state index in [0.29, 0.717) is 17.9 Å². The van der Waals surface area contributed by atoms with Gasteiger partial charge in [-0.3, -0.25) is 14.9 Å². The molecule has 0 aliphatic heterocycles. The van der Waals surface area contributed by atoms with Crippen molar-refractivity contribution in [3.63, 3.8) is 0 Å². The molecule has 3 rings (SSSR count). The van der Waals surface area contributed by atoms with Crippen LogP contribution in [0.5, 0.6) is 5.75 Å². The highest BCUT2D eigenvalue weighted by Gasteiger charge is 2.12. The summed E-state index contributed by atoms with van der Waals surface area (Å²) in [4.78, 5) is 22.5. The summed E-state index contributed by atoms with van der Waals surface area (Å²) in [6.45, 7) is 0.479. The molecule has 0 saturated heterocycles. The molecule has 0 spiro atoms. The molecule has 8 heteroatoms. The summed E-state index contributed by atoms with van der Waals surface area (Å²) in [7, 11) is 1.61. The Morgan fingerprint density at radius 3 is 2.46 bits per heavy atom. The van der Waals surface area contributed by atoms with Crippen LogP contribution in [0.1, 0.15) is 15.9 Å². The minimum absolute atomic E-state index is 0.0638. The Labute approximate surface area is 149 Å². The average Bonchev–Trinajstić information content (AvgIpc) is 3.09. The summed E-state index contributed by atoms with van der Waals surface area (Å²) < 4.78 is 6.79. The highest BCUT2D eigenvalue weighted by Crippen LogP contribution is 2.16. The molecule has 0 saturated carbocycles. The van der Waals surface area contributed by atoms with Crippen LogP contribution in [-0.2, 0) is 6.54 Å². The van der Waals surface area contributed by atoms with Crippen molar-refractivity contribution in [3.8, 4) is 5.75 Å². The standard InChI is InChI=1S/C18H16N4O4/c1-26-16-8-2-13(3-9-16)12-21-17(10-11-19-21)20-18(23)14-4-6-15(7-5-14)22(24)25/h2-11H,12H2,1H3,(H,20,23). The molecule has 0 atom stereocenters. The van der Waals surface area contributed by atoms with Crippen molar-refractivity contribution >= 4 is 17.4 Å². The molecule has 0 fully saturated rings. The number of methoxy groups -OCH3 is 1. The Morgan fingerprint density at radius 2 is 1.85 bits per heavy atom. The molecule has 132 valence electrons. The van der Waals surface area contributed by atoms with E-state index in [1.54, 1.807) is 24.1 Å². The van der Waals surface area contributed by atoms with E-state index in [1.807, 2.05) is 24.3 Å². The molecule has 1 aromatic heterocycles. The van der Waals surface area contributed by atoms with Crippen LogP contribution in [0.4, 0.5) is 11.5 Å². The molecule has 8 nitrogen and oxygen atoms in total. The number of nitrogens with one attached hydrogen (secondary N) is 1. The zero-order valence-electron chi connectivity index (χ0n) is 14.0. The maximum atomic E-state index is 12.3. The third kappa shape index (κ3) is 3.86. The normalized spacial score (nSPS) is 10.3. The Balaban J connectivity index is 1.71. The fraction of sp³-hybridized carbons (Fsp3) is 0.111. The van der Waals surface area contributed by atoms with Crippen molar-refractivity contribution in [2.45, 2.75) is 6.54 Å². The molecule has 26 heavy (non-hydrogen) atoms. The quantitative estimate of drug-likeness (QED) is 0.543. The second-order valence-corrected chi connectivity index (χ2v) is 5.48. The minimum Gasteiger partial charge on any atom is -0.497 e. The molecular weight excluding hydrogens is 336 g/mol. The van der Waals surface area contributed by atoms with Crippen molar-refractivity contribution in [1.82, 2.24) is 9.78 Å². The van der Waals surface area contributed by atoms with Gasteiger partial charge in [0.05, 0.1) is 24.8 Å². The number of benzene rings is 2. The van der Waals surface area contributed by atoms with Gasteiger partial charge >= 0.3 is 0 Å². The lowest BCUT2D eigenvalue weighted by atomic mass is 10.2. The number of nitro benzene ring substituents is 1. The lowest BCUT2D eigenvalue weighted by Gasteiger charge is -2.10. The summed E-state index contributed by atoms with van der Waals surface area (Å²) >= 11 is 0. The van der Waals surface area contributed by atoms with E-state index in [4.69, 9.17) is 4.74 Å². The molecule has 0 unspecified atom stereocenters. The van der Waals surface area contributed by atoms with Gasteiger partial charge in [0.2, 0.25) is 0 Å². The first kappa shape index (κ1) is 17.2. The molecule has 0 bridgehead atoms. The van der Waals surface area contributed by atoms with Crippen LogP contribution < -0.4 is 10.1 Å². The Bertz CT molecular complexity index is 917. The number of rotatable bonds is 6. The summed E-state index contributed by atoms with van der Waals surface area (Å²) in [5, 5.41) is 17.7. The van der Waals surface area contributed by atoms with Crippen molar-refractivity contribution in [3.05, 3.63) is 82.0 Å². The summed E-state index contributed by atoms with van der Waals surface area (Å²) in [6.07, 6.45) is 1.59. The number of carbonyl (C=O) groups excluding carboxylic acids is 1. The number of anilines is 1. The second-order valence-electron chi connectivity index (χ2n) is 5.48. The molecule has 0 radical (unpaired) electrons. The van der Waals surface area contributed by atoms with Gasteiger partial charge in [0.25, 0.3) is 11.6 Å². The second kappa shape index (κ2) is 7.47. The number of carbonyl (C=O) groups is 1. The van der Waals surface area contributed by atoms with Crippen molar-refractivity contribution in [2.24, 2.45) is 0 Å². The van der Waals surface area contributed by atoms with Crippen LogP contribution in [0, 0.1) is 10.1 Å². The van der Waals surface area contributed by atoms with Crippen LogP contribution >= 0.6 is 0 Å². The SMILES string of the molecule is COc1ccc(Cn2nccc2NC(=O)c2ccc([N+](=O)[O-])cc2)cc1. The Morgan fingerprint density at radius 1 is 1.15 bits per heavy atom. The molecule has 3 aromatic rings. The van der Waals surface area contributed by atoms with Crippen LogP contribution in [0.25, 0.3) is 0 Å². The number of nitro groups is 1. The van der Waals surface area contributed by atoms with Gasteiger partial charge in [0.1, 0.15) is 11.6 Å². The van der Waals surface area contributed by atoms with E-state index in [2.05, 4.69) is 10.4 Å². The number of nitrogens with zero attached hydrogens (tertiary/aromatic N) is 3. The molecule has 1 amide bonds. The molecular formula is C18H16N4O4. The molecule has 2 aromatic carbocycles. The van der Waals surface area contributed by atoms with Gasteiger partial charge in [0.15, 0.2) is 0 Å². The van der Waals surface area contributed by atoms with Gasteiger partial charge in [-0.15, -0.1) is 0 Å². The lowest BCUT2D eigenvalue weighted by molar-refractivity contribution is -0.384. The maximum Gasteiger partial charge on any atom is 0.269 e. The van der Waals surface area contributed by atoms with Crippen LogP contribution in [0.15, 0.2) is 60.8 Å². The zero-order valence-corrected chi connectivity index (χ0v) is 14.0. The third-order valence-corrected chi connectivity index (χ3v) is 3.79. The first-order chi connectivity index (χ1) is 12.6. The van der Waals surface area contributed by atoms with E-state index < -0.39 is 4.92 Å². The molecule has 0 aliphatic carbocycles. The smallest absolute Gasteiger partial charge is 0.269 e. The minimum atomic E-state index is -0.508. The number of hydrogen-bond donors (Lipinski definition) is 1. The average molecular weight is 352 g/mol. The zero-order chi connectivity index (χ0) is 18.5. The largest absolute Gasteiger partial charge is 0.497 e. The van der Waals surface area contributed by atoms with Crippen molar-refractivity contribution in [2.75, 3.05) is 12.4 Å². The lowest BCUT2D eigenvalue weighted by Crippen LogP contribution is -2.16. The van der Waals surface area contributed by atoms with Gasteiger partial charge in [0, 0.05) is 23.8 Å². The fourth-order valence-electron chi connectivity index (χ4n) is 2.39. The number of non-ortho nitro benzene ring substituents is 1. The summed E-state index contributed by atoms with van der Waals surface area (Å²) in [6, 6.07) is 14.7. The van der Waals surface area contributed by atoms with Crippen LogP contribution in [0.2, 0.25) is 0 Å². The van der Waals surface area contributed by atoms with Crippen LogP contribution in [0.3, 0.4) is 0 Å². The summed E-state index contributed by atoms with van der Waals surface area (Å²) in [5.41, 5.74) is 1.26. The van der Waals surface area contributed by atoms with Crippen molar-refractivity contribution < 1.29 is 14.5 Å². The summed E-state index contributed by atoms with van der Waals surface area (Å²) in [5.74, 6) is 0.932. The number of amides is 1. The van der Waals surface area contributed by atoms with Gasteiger partial charge in [-0.1, -0.05) is 12.1 Å². The monoisotopic (exact) mass is 352 g/mol. The Kier molecular flexibility index (Phi) is 4.93. The Hall–Kier alpha value is -3.68. The molecule has 1 N–H and O–H groups in total. The molecule has 1 heterocycles. The number of hydrogen-bond acceptors (Lipinski definition) is 5. The van der Waals surface area contributed by atoms with E-state index in [0.717, 1.165) is 11.3 Å². The van der Waals surface area contributed by atoms with Gasteiger partial charge in [-0.2, -0.15) is 5.10 Å². The number of aromatic nitrogens is 2.